The number of alkyl carbamates (subject to hydrolysis) is 1. The molecule has 1 atom stereocenters. The van der Waals surface area contributed by atoms with E-state index in [9.17, 15) is 31.1 Å². The summed E-state index contributed by atoms with van der Waals surface area (Å²) < 4.78 is 83.2. The molecule has 144 valence electrons. The predicted octanol–water partition coefficient (Wildman–Crippen LogP) is 3.81. The molecule has 1 N–H and O–H groups in total. The van der Waals surface area contributed by atoms with Crippen molar-refractivity contribution in [1.29, 1.82) is 0 Å². The molecular weight excluding hydrogens is 368 g/mol. The standard InChI is InChI=1S/C15H15F6N3O2/c1-3-24-11(7-22-12(24)23-13(25)26-2)9-6-8(14(16,17)18)4-5-10(9)15(19,20)21/h4-6,11H,3,7H2,1-2H3,(H,22,23,25). The molecule has 0 spiro atoms. The number of aliphatic imine (C=N–C) groups is 1. The van der Waals surface area contributed by atoms with E-state index in [2.05, 4.69) is 15.0 Å². The van der Waals surface area contributed by atoms with Crippen molar-refractivity contribution in [2.24, 2.45) is 4.99 Å². The maximum absolute atomic E-state index is 13.3. The zero-order chi connectivity index (χ0) is 19.7. The number of rotatable bonds is 2. The lowest BCUT2D eigenvalue weighted by Crippen LogP contribution is -2.43. The van der Waals surface area contributed by atoms with E-state index in [0.29, 0.717) is 18.2 Å². The van der Waals surface area contributed by atoms with Gasteiger partial charge in [0.2, 0.25) is 5.96 Å². The molecule has 1 heterocycles. The van der Waals surface area contributed by atoms with Crippen molar-refractivity contribution in [1.82, 2.24) is 10.2 Å². The number of hydrogen-bond donors (Lipinski definition) is 1. The van der Waals surface area contributed by atoms with Gasteiger partial charge in [-0.2, -0.15) is 26.3 Å². The van der Waals surface area contributed by atoms with E-state index < -0.39 is 41.2 Å². The Morgan fingerprint density at radius 1 is 1.27 bits per heavy atom. The summed E-state index contributed by atoms with van der Waals surface area (Å²) in [5, 5.41) is 2.24. The molecule has 1 aromatic rings. The van der Waals surface area contributed by atoms with Gasteiger partial charge in [0.25, 0.3) is 0 Å². The first-order chi connectivity index (χ1) is 12.0. The summed E-state index contributed by atoms with van der Waals surface area (Å²) in [6, 6.07) is 0.183. The molecular formula is C15H15F6N3O2. The number of guanidine groups is 1. The Bertz CT molecular complexity index is 714. The number of methoxy groups -OCH3 is 1. The van der Waals surface area contributed by atoms with E-state index in [1.165, 1.54) is 4.90 Å². The van der Waals surface area contributed by atoms with Crippen LogP contribution < -0.4 is 5.32 Å². The van der Waals surface area contributed by atoms with Crippen molar-refractivity contribution < 1.29 is 35.9 Å². The second-order valence-corrected chi connectivity index (χ2v) is 5.38. The summed E-state index contributed by atoms with van der Waals surface area (Å²) in [7, 11) is 1.09. The van der Waals surface area contributed by atoms with Gasteiger partial charge in [-0.1, -0.05) is 0 Å². The fourth-order valence-corrected chi connectivity index (χ4v) is 2.67. The van der Waals surface area contributed by atoms with Crippen LogP contribution in [-0.2, 0) is 17.1 Å². The van der Waals surface area contributed by atoms with E-state index in [4.69, 9.17) is 0 Å². The minimum atomic E-state index is -4.84. The number of alkyl halides is 6. The maximum atomic E-state index is 13.3. The third kappa shape index (κ3) is 4.02. The van der Waals surface area contributed by atoms with Crippen molar-refractivity contribution in [2.45, 2.75) is 25.3 Å². The number of nitrogens with zero attached hydrogens (tertiary/aromatic N) is 2. The van der Waals surface area contributed by atoms with Gasteiger partial charge in [-0.05, 0) is 30.7 Å². The highest BCUT2D eigenvalue weighted by Crippen LogP contribution is 2.41. The van der Waals surface area contributed by atoms with Gasteiger partial charge in [0.05, 0.1) is 30.8 Å². The number of hydrogen-bond acceptors (Lipinski definition) is 4. The van der Waals surface area contributed by atoms with Crippen LogP contribution in [0.25, 0.3) is 0 Å². The van der Waals surface area contributed by atoms with Gasteiger partial charge in [-0.15, -0.1) is 0 Å². The van der Waals surface area contributed by atoms with Gasteiger partial charge < -0.3 is 9.64 Å². The SMILES string of the molecule is CCN1C(NC(=O)OC)=NCC1c1cc(C(F)(F)F)ccc1C(F)(F)F. The number of carbonyl (C=O) groups is 1. The van der Waals surface area contributed by atoms with Crippen molar-refractivity contribution >= 4 is 12.1 Å². The van der Waals surface area contributed by atoms with Gasteiger partial charge in [0.15, 0.2) is 0 Å². The average molecular weight is 383 g/mol. The first kappa shape index (κ1) is 19.9. The number of carbonyl (C=O) groups excluding carboxylic acids is 1. The van der Waals surface area contributed by atoms with Gasteiger partial charge >= 0.3 is 18.4 Å². The molecule has 0 bridgehead atoms. The second kappa shape index (κ2) is 7.04. The van der Waals surface area contributed by atoms with Crippen LogP contribution in [0.4, 0.5) is 31.1 Å². The number of amides is 1. The number of halogens is 6. The largest absolute Gasteiger partial charge is 0.453 e. The molecule has 0 aromatic heterocycles. The molecule has 0 aliphatic carbocycles. The number of likely N-dealkylation sites (N-methyl/N-ethyl adjacent to an activating group) is 1. The van der Waals surface area contributed by atoms with E-state index in [1.54, 1.807) is 6.92 Å². The minimum absolute atomic E-state index is 0.0603. The van der Waals surface area contributed by atoms with Crippen molar-refractivity contribution in [2.75, 3.05) is 20.2 Å². The molecule has 0 fully saturated rings. The summed E-state index contributed by atoms with van der Waals surface area (Å²) in [6.45, 7) is 1.45. The Labute approximate surface area is 144 Å². The molecule has 0 saturated heterocycles. The fourth-order valence-electron chi connectivity index (χ4n) is 2.67. The zero-order valence-corrected chi connectivity index (χ0v) is 13.7. The van der Waals surface area contributed by atoms with Gasteiger partial charge in [-0.25, -0.2) is 4.79 Å². The molecule has 2 rings (SSSR count). The molecule has 11 heteroatoms. The Hall–Kier alpha value is -2.46. The van der Waals surface area contributed by atoms with Crippen LogP contribution in [0, 0.1) is 0 Å². The first-order valence-electron chi connectivity index (χ1n) is 7.43. The quantitative estimate of drug-likeness (QED) is 0.791. The third-order valence-corrected chi connectivity index (χ3v) is 3.85. The van der Waals surface area contributed by atoms with Crippen LogP contribution in [0.5, 0.6) is 0 Å². The lowest BCUT2D eigenvalue weighted by Gasteiger charge is -2.29. The molecule has 1 aromatic carbocycles. The lowest BCUT2D eigenvalue weighted by atomic mass is 9.96. The summed E-state index contributed by atoms with van der Waals surface area (Å²) in [5.41, 5.74) is -2.92. The Kier molecular flexibility index (Phi) is 5.38. The van der Waals surface area contributed by atoms with Crippen LogP contribution in [-0.4, -0.2) is 37.2 Å². The molecule has 5 nitrogen and oxygen atoms in total. The molecule has 0 saturated carbocycles. The normalized spacial score (nSPS) is 17.9. The van der Waals surface area contributed by atoms with Crippen molar-refractivity contribution in [3.05, 3.63) is 34.9 Å². The predicted molar refractivity (Wildman–Crippen MR) is 79.4 cm³/mol. The Balaban J connectivity index is 2.47. The topological polar surface area (TPSA) is 53.9 Å². The monoisotopic (exact) mass is 383 g/mol. The summed E-state index contributed by atoms with van der Waals surface area (Å²) in [5.74, 6) is -0.0603. The minimum Gasteiger partial charge on any atom is -0.453 e. The van der Waals surface area contributed by atoms with E-state index in [-0.39, 0.29) is 19.0 Å². The zero-order valence-electron chi connectivity index (χ0n) is 13.7. The first-order valence-corrected chi connectivity index (χ1v) is 7.43. The molecule has 1 aliphatic rings. The number of ether oxygens (including phenoxy) is 1. The van der Waals surface area contributed by atoms with Gasteiger partial charge in [0.1, 0.15) is 0 Å². The molecule has 1 amide bonds. The third-order valence-electron chi connectivity index (χ3n) is 3.85. The number of nitrogens with one attached hydrogen (secondary N) is 1. The summed E-state index contributed by atoms with van der Waals surface area (Å²) >= 11 is 0. The molecule has 1 unspecified atom stereocenters. The van der Waals surface area contributed by atoms with Gasteiger partial charge in [0, 0.05) is 6.54 Å². The second-order valence-electron chi connectivity index (χ2n) is 5.38. The van der Waals surface area contributed by atoms with E-state index >= 15 is 0 Å². The maximum Gasteiger partial charge on any atom is 0.416 e. The van der Waals surface area contributed by atoms with E-state index in [0.717, 1.165) is 7.11 Å². The van der Waals surface area contributed by atoms with Crippen LogP contribution in [0.3, 0.4) is 0 Å². The van der Waals surface area contributed by atoms with E-state index in [1.807, 2.05) is 0 Å². The summed E-state index contributed by atoms with van der Waals surface area (Å²) in [6.07, 6.45) is -10.5. The highest BCUT2D eigenvalue weighted by Gasteiger charge is 2.41. The highest BCUT2D eigenvalue weighted by molar-refractivity contribution is 5.95. The molecule has 1 aliphatic heterocycles. The van der Waals surface area contributed by atoms with Crippen LogP contribution in [0.15, 0.2) is 23.2 Å². The Morgan fingerprint density at radius 3 is 2.42 bits per heavy atom. The smallest absolute Gasteiger partial charge is 0.416 e. The van der Waals surface area contributed by atoms with Crippen LogP contribution >= 0.6 is 0 Å². The summed E-state index contributed by atoms with van der Waals surface area (Å²) in [4.78, 5) is 16.5. The highest BCUT2D eigenvalue weighted by atomic mass is 19.4. The average Bonchev–Trinajstić information content (AvgIpc) is 2.94. The lowest BCUT2D eigenvalue weighted by molar-refractivity contribution is -0.142. The van der Waals surface area contributed by atoms with Crippen LogP contribution in [0.2, 0.25) is 0 Å². The number of benzene rings is 1. The fraction of sp³-hybridized carbons (Fsp3) is 0.467. The van der Waals surface area contributed by atoms with Gasteiger partial charge in [-0.3, -0.25) is 10.3 Å². The van der Waals surface area contributed by atoms with Crippen molar-refractivity contribution in [3.63, 3.8) is 0 Å². The molecule has 26 heavy (non-hydrogen) atoms. The van der Waals surface area contributed by atoms with Crippen molar-refractivity contribution in [3.8, 4) is 0 Å². The molecule has 0 radical (unpaired) electrons. The van der Waals surface area contributed by atoms with Crippen LogP contribution in [0.1, 0.15) is 29.7 Å². The Morgan fingerprint density at radius 2 is 1.92 bits per heavy atom.